The maximum atomic E-state index is 13.2. The van der Waals surface area contributed by atoms with Gasteiger partial charge in [-0.3, -0.25) is 4.79 Å². The molecule has 1 amide bonds. The first-order valence-electron chi connectivity index (χ1n) is 6.20. The molecular formula is C15H11FN2OS2. The Kier molecular flexibility index (Phi) is 3.81. The van der Waals surface area contributed by atoms with Crippen molar-refractivity contribution >= 4 is 34.3 Å². The fraction of sp³-hybridized carbons (Fsp3) is 0.0667. The van der Waals surface area contributed by atoms with E-state index in [1.165, 1.54) is 23.5 Å². The van der Waals surface area contributed by atoms with Gasteiger partial charge >= 0.3 is 0 Å². The van der Waals surface area contributed by atoms with E-state index in [0.717, 1.165) is 15.4 Å². The Morgan fingerprint density at radius 1 is 1.29 bits per heavy atom. The molecule has 0 aliphatic heterocycles. The first kappa shape index (κ1) is 13.9. The maximum absolute atomic E-state index is 13.2. The number of anilines is 1. The number of benzene rings is 1. The summed E-state index contributed by atoms with van der Waals surface area (Å²) in [7, 11) is 0. The smallest absolute Gasteiger partial charge is 0.275 e. The number of aromatic nitrogens is 1. The number of hydrogen-bond acceptors (Lipinski definition) is 4. The number of nitrogens with zero attached hydrogens (tertiary/aromatic N) is 1. The second-order valence-electron chi connectivity index (χ2n) is 4.43. The summed E-state index contributed by atoms with van der Waals surface area (Å²) in [5.41, 5.74) is 1.61. The lowest BCUT2D eigenvalue weighted by atomic mass is 10.2. The van der Waals surface area contributed by atoms with Gasteiger partial charge in [-0.05, 0) is 36.1 Å². The quantitative estimate of drug-likeness (QED) is 0.768. The SMILES string of the molecule is Cc1ccc(F)cc1NC(=O)c1csc(-c2cccs2)n1. The molecule has 0 saturated carbocycles. The van der Waals surface area contributed by atoms with Crippen LogP contribution in [0.3, 0.4) is 0 Å². The van der Waals surface area contributed by atoms with Crippen LogP contribution in [0.5, 0.6) is 0 Å². The van der Waals surface area contributed by atoms with Crippen LogP contribution in [0.1, 0.15) is 16.1 Å². The van der Waals surface area contributed by atoms with Gasteiger partial charge in [0, 0.05) is 11.1 Å². The molecule has 0 aliphatic carbocycles. The molecule has 21 heavy (non-hydrogen) atoms. The van der Waals surface area contributed by atoms with Gasteiger partial charge in [-0.2, -0.15) is 0 Å². The second kappa shape index (κ2) is 5.75. The summed E-state index contributed by atoms with van der Waals surface area (Å²) in [6.07, 6.45) is 0. The molecule has 1 aromatic carbocycles. The van der Waals surface area contributed by atoms with Crippen molar-refractivity contribution in [1.29, 1.82) is 0 Å². The minimum atomic E-state index is -0.381. The summed E-state index contributed by atoms with van der Waals surface area (Å²) in [5.74, 6) is -0.712. The molecule has 0 spiro atoms. The summed E-state index contributed by atoms with van der Waals surface area (Å²) < 4.78 is 13.2. The monoisotopic (exact) mass is 318 g/mol. The van der Waals surface area contributed by atoms with Crippen LogP contribution in [0.15, 0.2) is 41.1 Å². The fourth-order valence-corrected chi connectivity index (χ4v) is 3.42. The number of carbonyl (C=O) groups excluding carboxylic acids is 1. The van der Waals surface area contributed by atoms with E-state index in [9.17, 15) is 9.18 Å². The van der Waals surface area contributed by atoms with Crippen molar-refractivity contribution in [2.45, 2.75) is 6.92 Å². The van der Waals surface area contributed by atoms with Crippen molar-refractivity contribution in [3.63, 3.8) is 0 Å². The zero-order valence-electron chi connectivity index (χ0n) is 11.1. The summed E-state index contributed by atoms with van der Waals surface area (Å²) in [5, 5.41) is 7.18. The number of nitrogens with one attached hydrogen (secondary N) is 1. The number of halogens is 1. The van der Waals surface area contributed by atoms with E-state index in [4.69, 9.17) is 0 Å². The molecular weight excluding hydrogens is 307 g/mol. The molecule has 0 aliphatic rings. The standard InChI is InChI=1S/C15H11FN2OS2/c1-9-4-5-10(16)7-11(9)17-14(19)12-8-21-15(18-12)13-3-2-6-20-13/h2-8H,1H3,(H,17,19). The Morgan fingerprint density at radius 3 is 2.90 bits per heavy atom. The Labute approximate surface area is 129 Å². The van der Waals surface area contributed by atoms with Gasteiger partial charge in [-0.25, -0.2) is 9.37 Å². The molecule has 0 fully saturated rings. The average Bonchev–Trinajstić information content (AvgIpc) is 3.12. The lowest BCUT2D eigenvalue weighted by Crippen LogP contribution is -2.13. The fourth-order valence-electron chi connectivity index (χ4n) is 1.81. The van der Waals surface area contributed by atoms with Crippen LogP contribution in [-0.4, -0.2) is 10.9 Å². The van der Waals surface area contributed by atoms with Crippen molar-refractivity contribution in [3.05, 3.63) is 58.2 Å². The minimum absolute atomic E-state index is 0.331. The Balaban J connectivity index is 1.81. The lowest BCUT2D eigenvalue weighted by Gasteiger charge is -2.06. The maximum Gasteiger partial charge on any atom is 0.275 e. The van der Waals surface area contributed by atoms with E-state index in [2.05, 4.69) is 10.3 Å². The highest BCUT2D eigenvalue weighted by Crippen LogP contribution is 2.28. The highest BCUT2D eigenvalue weighted by atomic mass is 32.1. The second-order valence-corrected chi connectivity index (χ2v) is 6.23. The molecule has 3 rings (SSSR count). The van der Waals surface area contributed by atoms with E-state index in [1.54, 1.807) is 22.8 Å². The third kappa shape index (κ3) is 3.01. The molecule has 0 saturated heterocycles. The highest BCUT2D eigenvalue weighted by Gasteiger charge is 2.13. The number of carbonyl (C=O) groups is 1. The largest absolute Gasteiger partial charge is 0.320 e. The van der Waals surface area contributed by atoms with Crippen molar-refractivity contribution < 1.29 is 9.18 Å². The van der Waals surface area contributed by atoms with Crippen LogP contribution in [-0.2, 0) is 0 Å². The summed E-state index contributed by atoms with van der Waals surface area (Å²) in [6.45, 7) is 1.81. The topological polar surface area (TPSA) is 42.0 Å². The molecule has 0 atom stereocenters. The average molecular weight is 318 g/mol. The number of aryl methyl sites for hydroxylation is 1. The molecule has 0 unspecified atom stereocenters. The number of hydrogen-bond donors (Lipinski definition) is 1. The van der Waals surface area contributed by atoms with Gasteiger partial charge in [-0.15, -0.1) is 22.7 Å². The summed E-state index contributed by atoms with van der Waals surface area (Å²) in [4.78, 5) is 17.5. The Hall–Kier alpha value is -2.05. The Bertz CT molecular complexity index is 781. The number of thiazole rings is 1. The van der Waals surface area contributed by atoms with E-state index in [0.29, 0.717) is 11.4 Å². The van der Waals surface area contributed by atoms with Crippen molar-refractivity contribution in [2.75, 3.05) is 5.32 Å². The molecule has 106 valence electrons. The van der Waals surface area contributed by atoms with Gasteiger partial charge < -0.3 is 5.32 Å². The number of amides is 1. The summed E-state index contributed by atoms with van der Waals surface area (Å²) in [6, 6.07) is 8.20. The third-order valence-electron chi connectivity index (χ3n) is 2.92. The lowest BCUT2D eigenvalue weighted by molar-refractivity contribution is 0.102. The predicted molar refractivity (Wildman–Crippen MR) is 84.5 cm³/mol. The Morgan fingerprint density at radius 2 is 2.14 bits per heavy atom. The van der Waals surface area contributed by atoms with Crippen molar-refractivity contribution in [2.24, 2.45) is 0 Å². The van der Waals surface area contributed by atoms with Gasteiger partial charge in [0.05, 0.1) is 4.88 Å². The number of rotatable bonds is 3. The number of thiophene rings is 1. The van der Waals surface area contributed by atoms with Crippen molar-refractivity contribution in [1.82, 2.24) is 4.98 Å². The van der Waals surface area contributed by atoms with E-state index in [-0.39, 0.29) is 11.7 Å². The molecule has 0 radical (unpaired) electrons. The zero-order chi connectivity index (χ0) is 14.8. The normalized spacial score (nSPS) is 10.6. The van der Waals surface area contributed by atoms with E-state index < -0.39 is 0 Å². The molecule has 2 aromatic heterocycles. The first-order valence-corrected chi connectivity index (χ1v) is 7.96. The highest BCUT2D eigenvalue weighted by molar-refractivity contribution is 7.20. The van der Waals surface area contributed by atoms with Gasteiger partial charge in [0.25, 0.3) is 5.91 Å². The summed E-state index contributed by atoms with van der Waals surface area (Å²) >= 11 is 2.99. The van der Waals surface area contributed by atoms with Crippen LogP contribution >= 0.6 is 22.7 Å². The van der Waals surface area contributed by atoms with Gasteiger partial charge in [0.1, 0.15) is 16.5 Å². The van der Waals surface area contributed by atoms with Crippen LogP contribution < -0.4 is 5.32 Å². The van der Waals surface area contributed by atoms with Crippen LogP contribution in [0.25, 0.3) is 9.88 Å². The molecule has 1 N–H and O–H groups in total. The predicted octanol–water partition coefficient (Wildman–Crippen LogP) is 4.57. The zero-order valence-corrected chi connectivity index (χ0v) is 12.7. The van der Waals surface area contributed by atoms with Gasteiger partial charge in [-0.1, -0.05) is 12.1 Å². The minimum Gasteiger partial charge on any atom is -0.320 e. The van der Waals surface area contributed by atoms with Crippen molar-refractivity contribution in [3.8, 4) is 9.88 Å². The van der Waals surface area contributed by atoms with E-state index in [1.807, 2.05) is 24.4 Å². The van der Waals surface area contributed by atoms with Gasteiger partial charge in [0.2, 0.25) is 0 Å². The van der Waals surface area contributed by atoms with Crippen LogP contribution in [0.2, 0.25) is 0 Å². The van der Waals surface area contributed by atoms with Crippen LogP contribution in [0, 0.1) is 12.7 Å². The first-order chi connectivity index (χ1) is 10.1. The van der Waals surface area contributed by atoms with Crippen LogP contribution in [0.4, 0.5) is 10.1 Å². The molecule has 0 bridgehead atoms. The molecule has 3 nitrogen and oxygen atoms in total. The van der Waals surface area contributed by atoms with E-state index >= 15 is 0 Å². The van der Waals surface area contributed by atoms with Gasteiger partial charge in [0.15, 0.2) is 0 Å². The third-order valence-corrected chi connectivity index (χ3v) is 4.80. The molecule has 3 aromatic rings. The molecule has 2 heterocycles. The molecule has 6 heteroatoms.